The maximum Gasteiger partial charge on any atom is 0.266 e. The highest BCUT2D eigenvalue weighted by Crippen LogP contribution is 2.16. The van der Waals surface area contributed by atoms with Crippen LogP contribution in [0.2, 0.25) is 0 Å². The number of nitrogens with one attached hydrogen (secondary N) is 2. The number of hydrogen-bond acceptors (Lipinski definition) is 4. The molecule has 0 saturated carbocycles. The summed E-state index contributed by atoms with van der Waals surface area (Å²) in [5.41, 5.74) is 2.36. The van der Waals surface area contributed by atoms with Crippen LogP contribution >= 0.6 is 12.2 Å². The van der Waals surface area contributed by atoms with Crippen LogP contribution in [-0.2, 0) is 13.1 Å². The molecule has 174 valence electrons. The molecule has 9 heteroatoms. The fourth-order valence-corrected chi connectivity index (χ4v) is 4.14. The monoisotopic (exact) mass is 485 g/mol. The van der Waals surface area contributed by atoms with Crippen LogP contribution in [0.25, 0.3) is 16.6 Å². The molecule has 5 rings (SSSR count). The Morgan fingerprint density at radius 1 is 1.03 bits per heavy atom. The number of para-hydroxylation sites is 1. The van der Waals surface area contributed by atoms with Crippen molar-refractivity contribution in [2.45, 2.75) is 13.1 Å². The van der Waals surface area contributed by atoms with E-state index in [1.807, 2.05) is 41.2 Å². The van der Waals surface area contributed by atoms with Crippen molar-refractivity contribution in [3.8, 4) is 5.69 Å². The van der Waals surface area contributed by atoms with E-state index in [1.165, 1.54) is 24.3 Å². The topological polar surface area (TPSA) is 84.7 Å². The molecule has 0 saturated heterocycles. The van der Waals surface area contributed by atoms with Crippen molar-refractivity contribution in [1.29, 1.82) is 0 Å². The van der Waals surface area contributed by atoms with E-state index in [0.29, 0.717) is 29.6 Å². The molecular weight excluding hydrogens is 465 g/mol. The number of H-pyrrole nitrogens is 1. The molecule has 0 atom stereocenters. The van der Waals surface area contributed by atoms with Gasteiger partial charge in [0.1, 0.15) is 5.82 Å². The Kier molecular flexibility index (Phi) is 6.07. The largest absolute Gasteiger partial charge is 0.348 e. The van der Waals surface area contributed by atoms with Gasteiger partial charge in [-0.15, -0.1) is 0 Å². The van der Waals surface area contributed by atoms with Gasteiger partial charge < -0.3 is 10.3 Å². The maximum absolute atomic E-state index is 14.3. The summed E-state index contributed by atoms with van der Waals surface area (Å²) in [6, 6.07) is 20.5. The van der Waals surface area contributed by atoms with Gasteiger partial charge in [0.05, 0.1) is 29.3 Å². The molecular formula is C26H20FN5O2S. The first kappa shape index (κ1) is 22.4. The van der Waals surface area contributed by atoms with Crippen LogP contribution in [0.1, 0.15) is 21.5 Å². The molecule has 0 aliphatic carbocycles. The third-order valence-electron chi connectivity index (χ3n) is 5.58. The summed E-state index contributed by atoms with van der Waals surface area (Å²) in [4.78, 5) is 28.7. The lowest BCUT2D eigenvalue weighted by atomic mass is 10.1. The van der Waals surface area contributed by atoms with Gasteiger partial charge in [0.25, 0.3) is 11.5 Å². The summed E-state index contributed by atoms with van der Waals surface area (Å²) in [6.07, 6.45) is 3.60. The zero-order valence-corrected chi connectivity index (χ0v) is 19.3. The number of aromatic amines is 1. The van der Waals surface area contributed by atoms with Gasteiger partial charge in [0, 0.05) is 23.9 Å². The molecule has 7 nitrogen and oxygen atoms in total. The molecule has 0 fully saturated rings. The van der Waals surface area contributed by atoms with Crippen LogP contribution < -0.4 is 10.9 Å². The molecule has 0 aliphatic heterocycles. The number of rotatable bonds is 6. The molecule has 35 heavy (non-hydrogen) atoms. The molecule has 2 heterocycles. The summed E-state index contributed by atoms with van der Waals surface area (Å²) in [5, 5.41) is 7.51. The Balaban J connectivity index is 1.34. The van der Waals surface area contributed by atoms with E-state index in [2.05, 4.69) is 15.4 Å². The van der Waals surface area contributed by atoms with Gasteiger partial charge in [-0.1, -0.05) is 42.5 Å². The third kappa shape index (κ3) is 4.67. The number of fused-ring (bicyclic) bond motifs is 1. The van der Waals surface area contributed by atoms with Crippen LogP contribution in [0, 0.1) is 10.6 Å². The Bertz CT molecular complexity index is 1660. The van der Waals surface area contributed by atoms with E-state index in [0.717, 1.165) is 15.7 Å². The summed E-state index contributed by atoms with van der Waals surface area (Å²) in [5.74, 6) is -0.864. The van der Waals surface area contributed by atoms with Crippen LogP contribution in [0.15, 0.2) is 90.0 Å². The third-order valence-corrected chi connectivity index (χ3v) is 5.87. The van der Waals surface area contributed by atoms with E-state index in [1.54, 1.807) is 24.4 Å². The van der Waals surface area contributed by atoms with Gasteiger partial charge in [-0.05, 0) is 48.1 Å². The number of nitrogens with zero attached hydrogens (tertiary/aromatic N) is 3. The summed E-state index contributed by atoms with van der Waals surface area (Å²) in [7, 11) is 0. The summed E-state index contributed by atoms with van der Waals surface area (Å²) < 4.78 is 17.2. The van der Waals surface area contributed by atoms with Crippen LogP contribution in [0.3, 0.4) is 0 Å². The quantitative estimate of drug-likeness (QED) is 0.350. The number of amides is 1. The Labute approximate surface area is 204 Å². The highest BCUT2D eigenvalue weighted by molar-refractivity contribution is 7.71. The Morgan fingerprint density at radius 3 is 2.60 bits per heavy atom. The van der Waals surface area contributed by atoms with E-state index < -0.39 is 11.4 Å². The highest BCUT2D eigenvalue weighted by atomic mass is 32.1. The molecule has 2 aromatic heterocycles. The standard InChI is InChI=1S/C26H20FN5O2S/c27-21-8-4-5-9-23(21)32-25(34)20-11-10-19(12-22(20)30-26(32)35)24(33)28-13-18-14-29-31(16-18)15-17-6-2-1-3-7-17/h1-12,14,16H,13,15H2,(H,28,33)(H,30,35). The minimum atomic E-state index is -0.559. The summed E-state index contributed by atoms with van der Waals surface area (Å²) in [6.45, 7) is 0.944. The first-order chi connectivity index (χ1) is 17.0. The fourth-order valence-electron chi connectivity index (χ4n) is 3.85. The first-order valence-electron chi connectivity index (χ1n) is 10.9. The maximum atomic E-state index is 14.3. The normalized spacial score (nSPS) is 11.0. The number of carbonyl (C=O) groups excluding carboxylic acids is 1. The van der Waals surface area contributed by atoms with Gasteiger partial charge in [0.2, 0.25) is 0 Å². The van der Waals surface area contributed by atoms with E-state index in [9.17, 15) is 14.0 Å². The van der Waals surface area contributed by atoms with Gasteiger partial charge in [-0.3, -0.25) is 14.3 Å². The molecule has 1 amide bonds. The lowest BCUT2D eigenvalue weighted by Crippen LogP contribution is -2.24. The fraction of sp³-hybridized carbons (Fsp3) is 0.0769. The van der Waals surface area contributed by atoms with Crippen LogP contribution in [0.4, 0.5) is 4.39 Å². The lowest BCUT2D eigenvalue weighted by molar-refractivity contribution is 0.0951. The lowest BCUT2D eigenvalue weighted by Gasteiger charge is -2.10. The van der Waals surface area contributed by atoms with Gasteiger partial charge >= 0.3 is 0 Å². The van der Waals surface area contributed by atoms with Crippen LogP contribution in [-0.4, -0.2) is 25.2 Å². The van der Waals surface area contributed by atoms with E-state index >= 15 is 0 Å². The summed E-state index contributed by atoms with van der Waals surface area (Å²) >= 11 is 5.31. The second-order valence-electron chi connectivity index (χ2n) is 8.00. The number of benzene rings is 3. The number of carbonyl (C=O) groups is 1. The predicted molar refractivity (Wildman–Crippen MR) is 134 cm³/mol. The predicted octanol–water partition coefficient (Wildman–Crippen LogP) is 4.36. The van der Waals surface area contributed by atoms with Gasteiger partial charge in [0.15, 0.2) is 4.77 Å². The minimum Gasteiger partial charge on any atom is -0.348 e. The van der Waals surface area contributed by atoms with Crippen LogP contribution in [0.5, 0.6) is 0 Å². The van der Waals surface area contributed by atoms with Crippen molar-refractivity contribution in [2.24, 2.45) is 0 Å². The Morgan fingerprint density at radius 2 is 1.80 bits per heavy atom. The van der Waals surface area contributed by atoms with Crippen molar-refractivity contribution in [3.05, 3.63) is 123 Å². The molecule has 0 radical (unpaired) electrons. The van der Waals surface area contributed by atoms with Crippen molar-refractivity contribution in [2.75, 3.05) is 0 Å². The van der Waals surface area contributed by atoms with Crippen molar-refractivity contribution in [3.63, 3.8) is 0 Å². The van der Waals surface area contributed by atoms with Gasteiger partial charge in [-0.25, -0.2) is 8.96 Å². The second-order valence-corrected chi connectivity index (χ2v) is 8.38. The number of halogens is 1. The molecule has 2 N–H and O–H groups in total. The number of aromatic nitrogens is 4. The molecule has 0 spiro atoms. The van der Waals surface area contributed by atoms with Crippen molar-refractivity contribution < 1.29 is 9.18 Å². The van der Waals surface area contributed by atoms with E-state index in [-0.39, 0.29) is 16.4 Å². The van der Waals surface area contributed by atoms with E-state index in [4.69, 9.17) is 12.2 Å². The molecule has 3 aromatic carbocycles. The van der Waals surface area contributed by atoms with Gasteiger partial charge in [-0.2, -0.15) is 5.10 Å². The smallest absolute Gasteiger partial charge is 0.266 e. The molecule has 5 aromatic rings. The van der Waals surface area contributed by atoms with Crippen molar-refractivity contribution >= 4 is 29.0 Å². The highest BCUT2D eigenvalue weighted by Gasteiger charge is 2.13. The van der Waals surface area contributed by atoms with Crippen molar-refractivity contribution in [1.82, 2.24) is 24.6 Å². The zero-order chi connectivity index (χ0) is 24.4. The minimum absolute atomic E-state index is 0.0380. The SMILES string of the molecule is O=C(NCc1cnn(Cc2ccccc2)c1)c1ccc2c(=O)n(-c3ccccc3F)c(=S)[nH]c2c1. The Hall–Kier alpha value is -4.37. The average molecular weight is 486 g/mol. The molecule has 0 unspecified atom stereocenters. The second kappa shape index (κ2) is 9.47. The molecule has 0 bridgehead atoms. The number of hydrogen-bond donors (Lipinski definition) is 2. The first-order valence-corrected chi connectivity index (χ1v) is 11.3. The molecule has 0 aliphatic rings. The zero-order valence-electron chi connectivity index (χ0n) is 18.4. The average Bonchev–Trinajstić information content (AvgIpc) is 3.31.